The number of rotatable bonds is 6. The van der Waals surface area contributed by atoms with E-state index in [-0.39, 0.29) is 17.7 Å². The van der Waals surface area contributed by atoms with Gasteiger partial charge in [-0.1, -0.05) is 61.9 Å². The van der Waals surface area contributed by atoms with Crippen LogP contribution in [0.4, 0.5) is 0 Å². The van der Waals surface area contributed by atoms with Gasteiger partial charge in [-0.2, -0.15) is 0 Å². The zero-order valence-electron chi connectivity index (χ0n) is 16.3. The van der Waals surface area contributed by atoms with Crippen LogP contribution in [0.15, 0.2) is 54.6 Å². The van der Waals surface area contributed by atoms with Crippen LogP contribution in [0.5, 0.6) is 0 Å². The third kappa shape index (κ3) is 6.66. The second-order valence-corrected chi connectivity index (χ2v) is 7.25. The zero-order valence-corrected chi connectivity index (χ0v) is 17.1. The van der Waals surface area contributed by atoms with Crippen molar-refractivity contribution in [1.82, 2.24) is 21.5 Å². The summed E-state index contributed by atoms with van der Waals surface area (Å²) in [5, 5.41) is 6.09. The Balaban J connectivity index is 1.85. The van der Waals surface area contributed by atoms with Crippen molar-refractivity contribution >= 4 is 29.1 Å². The largest absolute Gasteiger partial charge is 0.357 e. The van der Waals surface area contributed by atoms with Gasteiger partial charge in [0.05, 0.1) is 0 Å². The maximum Gasteiger partial charge on any atom is 0.261 e. The van der Waals surface area contributed by atoms with Gasteiger partial charge in [0, 0.05) is 12.1 Å². The highest BCUT2D eigenvalue weighted by Crippen LogP contribution is 2.07. The van der Waals surface area contributed by atoms with Gasteiger partial charge in [-0.15, -0.1) is 0 Å². The molecule has 0 fully saturated rings. The lowest BCUT2D eigenvalue weighted by atomic mass is 10.0. The maximum atomic E-state index is 12.5. The van der Waals surface area contributed by atoms with Crippen molar-refractivity contribution < 1.29 is 9.59 Å². The van der Waals surface area contributed by atoms with Crippen LogP contribution in [0.25, 0.3) is 0 Å². The molecule has 0 saturated carbocycles. The van der Waals surface area contributed by atoms with Crippen LogP contribution in [0.1, 0.15) is 35.3 Å². The predicted octanol–water partition coefficient (Wildman–Crippen LogP) is 2.44. The Labute approximate surface area is 171 Å². The molecule has 28 heavy (non-hydrogen) atoms. The lowest BCUT2D eigenvalue weighted by Gasteiger charge is -2.22. The van der Waals surface area contributed by atoms with Crippen molar-refractivity contribution in [2.75, 3.05) is 0 Å². The van der Waals surface area contributed by atoms with Gasteiger partial charge in [-0.25, -0.2) is 0 Å². The molecule has 148 valence electrons. The first-order chi connectivity index (χ1) is 13.4. The summed E-state index contributed by atoms with van der Waals surface area (Å²) in [5.41, 5.74) is 7.89. The Hall–Kier alpha value is -2.93. The van der Waals surface area contributed by atoms with Gasteiger partial charge in [-0.3, -0.25) is 20.4 Å². The van der Waals surface area contributed by atoms with Crippen molar-refractivity contribution in [3.8, 4) is 0 Å². The van der Waals surface area contributed by atoms with Gasteiger partial charge in [0.1, 0.15) is 6.04 Å². The van der Waals surface area contributed by atoms with Crippen molar-refractivity contribution in [2.24, 2.45) is 5.92 Å². The summed E-state index contributed by atoms with van der Waals surface area (Å²) < 4.78 is 0. The molecule has 2 aromatic rings. The number of nitrogens with one attached hydrogen (secondary N) is 4. The number of carbonyl (C=O) groups excluding carboxylic acids is 2. The first-order valence-electron chi connectivity index (χ1n) is 9.12. The zero-order chi connectivity index (χ0) is 20.5. The van der Waals surface area contributed by atoms with Crippen LogP contribution in [-0.4, -0.2) is 23.0 Å². The average molecular weight is 399 g/mol. The molecule has 0 aliphatic carbocycles. The molecule has 0 aliphatic rings. The first kappa shape index (κ1) is 21.4. The van der Waals surface area contributed by atoms with E-state index in [1.807, 2.05) is 63.2 Å². The van der Waals surface area contributed by atoms with E-state index in [9.17, 15) is 9.59 Å². The Morgan fingerprint density at radius 1 is 0.964 bits per heavy atom. The fraction of sp³-hybridized carbons (Fsp3) is 0.286. The molecule has 0 aliphatic heterocycles. The first-order valence-corrected chi connectivity index (χ1v) is 9.53. The van der Waals surface area contributed by atoms with E-state index < -0.39 is 6.04 Å². The van der Waals surface area contributed by atoms with Crippen LogP contribution < -0.4 is 21.5 Å². The molecule has 0 heterocycles. The van der Waals surface area contributed by atoms with E-state index in [1.54, 1.807) is 12.1 Å². The number of carbonyl (C=O) groups is 2. The predicted molar refractivity (Wildman–Crippen MR) is 114 cm³/mol. The van der Waals surface area contributed by atoms with Gasteiger partial charge in [0.15, 0.2) is 5.11 Å². The molecule has 0 spiro atoms. The van der Waals surface area contributed by atoms with Gasteiger partial charge < -0.3 is 10.6 Å². The number of thiocarbonyl (C=S) groups is 1. The third-order valence-electron chi connectivity index (χ3n) is 4.14. The van der Waals surface area contributed by atoms with Gasteiger partial charge >= 0.3 is 0 Å². The van der Waals surface area contributed by atoms with Crippen LogP contribution in [-0.2, 0) is 11.3 Å². The minimum atomic E-state index is -0.696. The van der Waals surface area contributed by atoms with E-state index in [0.29, 0.717) is 17.2 Å². The molecule has 0 radical (unpaired) electrons. The number of hydrazine groups is 1. The summed E-state index contributed by atoms with van der Waals surface area (Å²) in [6.07, 6.45) is 0. The van der Waals surface area contributed by atoms with Crippen molar-refractivity contribution in [3.63, 3.8) is 0 Å². The fourth-order valence-electron chi connectivity index (χ4n) is 2.48. The molecule has 4 N–H and O–H groups in total. The number of aryl methyl sites for hydroxylation is 1. The Morgan fingerprint density at radius 2 is 1.61 bits per heavy atom. The maximum absolute atomic E-state index is 12.5. The molecule has 2 amide bonds. The second kappa shape index (κ2) is 10.4. The van der Waals surface area contributed by atoms with Crippen molar-refractivity contribution in [2.45, 2.75) is 33.4 Å². The molecule has 6 nitrogen and oxygen atoms in total. The lowest BCUT2D eigenvalue weighted by Crippen LogP contribution is -2.55. The van der Waals surface area contributed by atoms with Crippen molar-refractivity contribution in [1.29, 1.82) is 0 Å². The lowest BCUT2D eigenvalue weighted by molar-refractivity contribution is -0.124. The van der Waals surface area contributed by atoms with Gasteiger partial charge in [0.2, 0.25) is 0 Å². The number of benzene rings is 2. The smallest absolute Gasteiger partial charge is 0.261 e. The Kier molecular flexibility index (Phi) is 7.95. The molecule has 0 aromatic heterocycles. The summed E-state index contributed by atoms with van der Waals surface area (Å²) in [6.45, 7) is 6.23. The standard InChI is InChI=1S/C21H26N4O2S/c1-14(2)18(23-19(26)17-11-9-15(3)10-12-17)20(27)24-25-21(28)22-13-16-7-5-4-6-8-16/h4-12,14,18H,13H2,1-3H3,(H,23,26)(H,24,27)(H2,22,25,28). The van der Waals surface area contributed by atoms with Crippen LogP contribution in [0.3, 0.4) is 0 Å². The SMILES string of the molecule is Cc1ccc(C(=O)NC(C(=O)NNC(=S)NCc2ccccc2)C(C)C)cc1. The van der Waals surface area contributed by atoms with Crippen molar-refractivity contribution in [3.05, 3.63) is 71.3 Å². The monoisotopic (exact) mass is 398 g/mol. The van der Waals surface area contributed by atoms with Gasteiger partial charge in [-0.05, 0) is 42.8 Å². The highest BCUT2D eigenvalue weighted by Gasteiger charge is 2.24. The molecule has 0 bridgehead atoms. The van der Waals surface area contributed by atoms with Crippen LogP contribution >= 0.6 is 12.2 Å². The summed E-state index contributed by atoms with van der Waals surface area (Å²) in [6, 6.07) is 16.3. The Morgan fingerprint density at radius 3 is 2.21 bits per heavy atom. The summed E-state index contributed by atoms with van der Waals surface area (Å²) >= 11 is 5.18. The summed E-state index contributed by atoms with van der Waals surface area (Å²) in [4.78, 5) is 24.9. The fourth-order valence-corrected chi connectivity index (χ4v) is 2.61. The minimum absolute atomic E-state index is 0.0953. The topological polar surface area (TPSA) is 82.3 Å². The van der Waals surface area contributed by atoms with E-state index in [0.717, 1.165) is 11.1 Å². The number of hydrogen-bond acceptors (Lipinski definition) is 3. The second-order valence-electron chi connectivity index (χ2n) is 6.84. The van der Waals surface area contributed by atoms with Gasteiger partial charge in [0.25, 0.3) is 11.8 Å². The van der Waals surface area contributed by atoms with Crippen LogP contribution in [0.2, 0.25) is 0 Å². The van der Waals surface area contributed by atoms with E-state index in [4.69, 9.17) is 12.2 Å². The molecule has 1 atom stereocenters. The number of hydrogen-bond donors (Lipinski definition) is 4. The number of amides is 2. The highest BCUT2D eigenvalue weighted by molar-refractivity contribution is 7.80. The average Bonchev–Trinajstić information content (AvgIpc) is 2.69. The molecule has 2 rings (SSSR count). The Bertz CT molecular complexity index is 807. The molecule has 2 aromatic carbocycles. The van der Waals surface area contributed by atoms with E-state index >= 15 is 0 Å². The minimum Gasteiger partial charge on any atom is -0.357 e. The molecular formula is C21H26N4O2S. The quantitative estimate of drug-likeness (QED) is 0.444. The molecule has 1 unspecified atom stereocenters. The summed E-state index contributed by atoms with van der Waals surface area (Å²) in [7, 11) is 0. The molecular weight excluding hydrogens is 372 g/mol. The molecule has 0 saturated heterocycles. The van der Waals surface area contributed by atoms with E-state index in [1.165, 1.54) is 0 Å². The van der Waals surface area contributed by atoms with Crippen LogP contribution in [0, 0.1) is 12.8 Å². The third-order valence-corrected chi connectivity index (χ3v) is 4.39. The molecule has 7 heteroatoms. The summed E-state index contributed by atoms with van der Waals surface area (Å²) in [5.74, 6) is -0.750. The van der Waals surface area contributed by atoms with E-state index in [2.05, 4.69) is 21.5 Å². The highest BCUT2D eigenvalue weighted by atomic mass is 32.1. The normalized spacial score (nSPS) is 11.4.